The van der Waals surface area contributed by atoms with Gasteiger partial charge in [-0.25, -0.2) is 0 Å². The van der Waals surface area contributed by atoms with E-state index in [1.54, 1.807) is 12.4 Å². The third-order valence-corrected chi connectivity index (χ3v) is 5.99. The van der Waals surface area contributed by atoms with Crippen molar-refractivity contribution in [1.82, 2.24) is 4.98 Å². The van der Waals surface area contributed by atoms with E-state index in [2.05, 4.69) is 54.2 Å². The second-order valence-corrected chi connectivity index (χ2v) is 8.44. The highest BCUT2D eigenvalue weighted by Crippen LogP contribution is 2.41. The quantitative estimate of drug-likeness (QED) is 0.531. The lowest BCUT2D eigenvalue weighted by Gasteiger charge is -2.24. The molecule has 3 heterocycles. The van der Waals surface area contributed by atoms with Gasteiger partial charge in [0.2, 0.25) is 0 Å². The summed E-state index contributed by atoms with van der Waals surface area (Å²) in [7, 11) is 0. The maximum absolute atomic E-state index is 9.09. The third kappa shape index (κ3) is 4.87. The zero-order valence-electron chi connectivity index (χ0n) is 19.4. The van der Waals surface area contributed by atoms with Crippen LogP contribution in [-0.4, -0.2) is 17.0 Å². The Hall–Kier alpha value is -4.30. The lowest BCUT2D eigenvalue weighted by atomic mass is 9.84. The smallest absolute Gasteiger partial charge is 0.127 e. The minimum Gasteiger partial charge on any atom is -0.383 e. The molecule has 0 aliphatic carbocycles. The van der Waals surface area contributed by atoms with Gasteiger partial charge in [-0.05, 0) is 61.6 Å². The molecule has 5 nitrogen and oxygen atoms in total. The number of allylic oxidation sites excluding steroid dienone is 3. The Morgan fingerprint density at radius 2 is 1.85 bits per heavy atom. The number of pyridine rings is 1. The van der Waals surface area contributed by atoms with Crippen LogP contribution in [0.15, 0.2) is 101 Å². The van der Waals surface area contributed by atoms with Gasteiger partial charge in [0.1, 0.15) is 17.4 Å². The number of rotatable bonds is 2. The molecule has 2 aromatic carbocycles. The maximum atomic E-state index is 9.09. The first kappa shape index (κ1) is 22.9. The Labute approximate surface area is 200 Å². The number of amidine groups is 1. The first-order valence-electron chi connectivity index (χ1n) is 11.3. The molecule has 5 rings (SSSR count). The predicted octanol–water partition coefficient (Wildman–Crippen LogP) is 5.91. The van der Waals surface area contributed by atoms with E-state index in [1.807, 2.05) is 54.9 Å². The van der Waals surface area contributed by atoms with E-state index in [0.29, 0.717) is 11.4 Å². The summed E-state index contributed by atoms with van der Waals surface area (Å²) in [4.78, 5) is 12.9. The van der Waals surface area contributed by atoms with E-state index in [1.165, 1.54) is 5.57 Å². The zero-order valence-corrected chi connectivity index (χ0v) is 19.4. The van der Waals surface area contributed by atoms with Crippen LogP contribution in [0.2, 0.25) is 0 Å². The average Bonchev–Trinajstić information content (AvgIpc) is 3.13. The topological polar surface area (TPSA) is 87.4 Å². The summed E-state index contributed by atoms with van der Waals surface area (Å²) in [6.07, 6.45) is 13.6. The summed E-state index contributed by atoms with van der Waals surface area (Å²) in [5.74, 6) is 0.566. The van der Waals surface area contributed by atoms with Crippen molar-refractivity contribution in [2.45, 2.75) is 32.2 Å². The molecule has 2 N–H and O–H groups in total. The molecule has 168 valence electrons. The van der Waals surface area contributed by atoms with E-state index in [9.17, 15) is 0 Å². The second kappa shape index (κ2) is 10.1. The number of hydrogen-bond donors (Lipinski definition) is 1. The van der Waals surface area contributed by atoms with E-state index in [-0.39, 0.29) is 0 Å². The highest BCUT2D eigenvalue weighted by Gasteiger charge is 2.36. The number of nitriles is 1. The fourth-order valence-corrected chi connectivity index (χ4v) is 4.12. The van der Waals surface area contributed by atoms with Crippen LogP contribution >= 0.6 is 0 Å². The molecule has 0 fully saturated rings. The monoisotopic (exact) mass is 445 g/mol. The van der Waals surface area contributed by atoms with Crippen molar-refractivity contribution in [3.63, 3.8) is 0 Å². The van der Waals surface area contributed by atoms with Crippen LogP contribution in [0, 0.1) is 11.3 Å². The van der Waals surface area contributed by atoms with Crippen LogP contribution in [0.3, 0.4) is 0 Å². The summed E-state index contributed by atoms with van der Waals surface area (Å²) in [6.45, 7) is 4.17. The van der Waals surface area contributed by atoms with Crippen LogP contribution in [0.5, 0.6) is 0 Å². The highest BCUT2D eigenvalue weighted by molar-refractivity contribution is 6.02. The molecule has 5 heteroatoms. The van der Waals surface area contributed by atoms with Crippen LogP contribution < -0.4 is 5.73 Å². The molecule has 0 spiro atoms. The maximum Gasteiger partial charge on any atom is 0.127 e. The first-order valence-corrected chi connectivity index (χ1v) is 11.3. The zero-order chi connectivity index (χ0) is 24.0. The van der Waals surface area contributed by atoms with Crippen molar-refractivity contribution in [2.24, 2.45) is 15.7 Å². The molecule has 1 atom stereocenters. The van der Waals surface area contributed by atoms with E-state index in [4.69, 9.17) is 16.0 Å². The van der Waals surface area contributed by atoms with Crippen molar-refractivity contribution in [3.05, 3.63) is 113 Å². The minimum atomic E-state index is -0.517. The Balaban J connectivity index is 0.000000257. The van der Waals surface area contributed by atoms with Crippen LogP contribution in [0.1, 0.15) is 48.9 Å². The van der Waals surface area contributed by atoms with E-state index in [0.717, 1.165) is 40.7 Å². The van der Waals surface area contributed by atoms with Crippen LogP contribution in [-0.2, 0) is 5.54 Å². The Kier molecular flexibility index (Phi) is 6.79. The van der Waals surface area contributed by atoms with Gasteiger partial charge in [-0.3, -0.25) is 15.0 Å². The number of fused-ring (bicyclic) bond motifs is 1. The molecule has 0 bridgehead atoms. The number of aromatic nitrogens is 1. The summed E-state index contributed by atoms with van der Waals surface area (Å²) >= 11 is 0. The van der Waals surface area contributed by atoms with Gasteiger partial charge in [0.05, 0.1) is 5.56 Å². The molecular weight excluding hydrogens is 418 g/mol. The molecule has 34 heavy (non-hydrogen) atoms. The van der Waals surface area contributed by atoms with Crippen molar-refractivity contribution >= 4 is 12.1 Å². The molecule has 0 radical (unpaired) electrons. The summed E-state index contributed by atoms with van der Waals surface area (Å²) in [5.41, 5.74) is 12.6. The molecule has 0 saturated carbocycles. The summed E-state index contributed by atoms with van der Waals surface area (Å²) < 4.78 is 0. The number of nitrogens with two attached hydrogens (primary N) is 1. The van der Waals surface area contributed by atoms with Crippen LogP contribution in [0.4, 0.5) is 0 Å². The summed E-state index contributed by atoms with van der Waals surface area (Å²) in [6, 6.07) is 20.2. The van der Waals surface area contributed by atoms with Gasteiger partial charge >= 0.3 is 0 Å². The normalized spacial score (nSPS) is 20.9. The number of hydrogen-bond acceptors (Lipinski definition) is 5. The van der Waals surface area contributed by atoms with Gasteiger partial charge in [0.15, 0.2) is 0 Å². The third-order valence-electron chi connectivity index (χ3n) is 5.99. The number of nitrogens with zero attached hydrogens (tertiary/aromatic N) is 4. The van der Waals surface area contributed by atoms with Crippen molar-refractivity contribution < 1.29 is 0 Å². The molecule has 1 unspecified atom stereocenters. The predicted molar refractivity (Wildman–Crippen MR) is 139 cm³/mol. The lowest BCUT2D eigenvalue weighted by molar-refractivity contribution is 0.621. The SMILES string of the molecule is CC1(c2cccc(-c3cncc(C#N)c3)c2)N=C(N)c2ccccc21.CC1=C/CCC=N/C=C\1. The standard InChI is InChI=1S/C21H16N4.C8H11N/c1-21(19-8-3-2-7-18(19)20(23)25-21)17-6-4-5-15(10-17)16-9-14(11-22)12-24-13-16;1-8-4-2-3-6-9-7-5-8/h2-10,12-13H,1H3,(H2,23,25);4-7H,2-3H2,1H3/b;7-5-,8-4-,9-6?. The molecular formula is C29H27N5. The van der Waals surface area contributed by atoms with Gasteiger partial charge in [-0.2, -0.15) is 5.26 Å². The first-order chi connectivity index (χ1) is 16.5. The minimum absolute atomic E-state index is 0.517. The molecule has 2 aliphatic heterocycles. The largest absolute Gasteiger partial charge is 0.383 e. The molecule has 1 aromatic heterocycles. The van der Waals surface area contributed by atoms with Gasteiger partial charge < -0.3 is 5.73 Å². The average molecular weight is 446 g/mol. The number of benzene rings is 2. The molecule has 0 saturated heterocycles. The molecule has 3 aromatic rings. The van der Waals surface area contributed by atoms with E-state index < -0.39 is 5.54 Å². The van der Waals surface area contributed by atoms with Crippen molar-refractivity contribution in [2.75, 3.05) is 0 Å². The van der Waals surface area contributed by atoms with Gasteiger partial charge in [-0.15, -0.1) is 0 Å². The van der Waals surface area contributed by atoms with Gasteiger partial charge in [-0.1, -0.05) is 54.1 Å². The van der Waals surface area contributed by atoms with Crippen molar-refractivity contribution in [1.29, 1.82) is 5.26 Å². The highest BCUT2D eigenvalue weighted by atomic mass is 15.0. The second-order valence-electron chi connectivity index (χ2n) is 8.44. The number of aliphatic imine (C=N–C) groups is 2. The van der Waals surface area contributed by atoms with Crippen molar-refractivity contribution in [3.8, 4) is 17.2 Å². The Morgan fingerprint density at radius 3 is 2.71 bits per heavy atom. The van der Waals surface area contributed by atoms with Crippen LogP contribution in [0.25, 0.3) is 11.1 Å². The molecule has 0 amide bonds. The van der Waals surface area contributed by atoms with Gasteiger partial charge in [0.25, 0.3) is 0 Å². The lowest BCUT2D eigenvalue weighted by Crippen LogP contribution is -2.18. The fraction of sp³-hybridized carbons (Fsp3) is 0.172. The Bertz CT molecular complexity index is 1360. The fourth-order valence-electron chi connectivity index (χ4n) is 4.12. The van der Waals surface area contributed by atoms with E-state index >= 15 is 0 Å². The summed E-state index contributed by atoms with van der Waals surface area (Å²) in [5, 5.41) is 9.09. The van der Waals surface area contributed by atoms with Gasteiger partial charge in [0, 0.05) is 35.9 Å². The molecule has 2 aliphatic rings. The Morgan fingerprint density at radius 1 is 1.00 bits per heavy atom.